The van der Waals surface area contributed by atoms with Gasteiger partial charge in [-0.2, -0.15) is 4.98 Å². The molecule has 0 aliphatic heterocycles. The quantitative estimate of drug-likeness (QED) is 0.481. The molecule has 3 aromatic rings. The number of rotatable bonds is 6. The maximum Gasteiger partial charge on any atom is 0.252 e. The number of oxime groups is 2. The Labute approximate surface area is 152 Å². The van der Waals surface area contributed by atoms with Gasteiger partial charge in [-0.15, -0.1) is 0 Å². The van der Waals surface area contributed by atoms with Crippen molar-refractivity contribution in [1.82, 2.24) is 4.98 Å². The molecule has 0 aliphatic carbocycles. The highest BCUT2D eigenvalue weighted by Crippen LogP contribution is 2.15. The molecule has 0 unspecified atom stereocenters. The second-order valence-corrected chi connectivity index (χ2v) is 5.58. The third kappa shape index (κ3) is 4.77. The maximum atomic E-state index is 5.40. The molecule has 0 radical (unpaired) electrons. The van der Waals surface area contributed by atoms with Gasteiger partial charge in [-0.1, -0.05) is 77.0 Å². The van der Waals surface area contributed by atoms with Crippen LogP contribution in [0.5, 0.6) is 11.8 Å². The van der Waals surface area contributed by atoms with E-state index >= 15 is 0 Å². The Hall–Kier alpha value is -3.47. The molecule has 2 aromatic carbocycles. The van der Waals surface area contributed by atoms with Crippen LogP contribution in [0.4, 0.5) is 0 Å². The number of hydrogen-bond donors (Lipinski definition) is 0. The number of hydrogen-bond acceptors (Lipinski definition) is 5. The van der Waals surface area contributed by atoms with E-state index in [0.717, 1.165) is 22.6 Å². The van der Waals surface area contributed by atoms with E-state index < -0.39 is 0 Å². The molecule has 0 N–H and O–H groups in total. The topological polar surface area (TPSA) is 56.1 Å². The Balaban J connectivity index is 1.67. The van der Waals surface area contributed by atoms with Crippen molar-refractivity contribution in [2.75, 3.05) is 0 Å². The summed E-state index contributed by atoms with van der Waals surface area (Å²) in [6.07, 6.45) is 0. The van der Waals surface area contributed by atoms with E-state index in [1.165, 1.54) is 0 Å². The van der Waals surface area contributed by atoms with Crippen molar-refractivity contribution in [2.45, 2.75) is 13.8 Å². The minimum atomic E-state index is 0.338. The van der Waals surface area contributed by atoms with Gasteiger partial charge in [-0.25, -0.2) is 0 Å². The predicted octanol–water partition coefficient (Wildman–Crippen LogP) is 4.69. The number of benzene rings is 2. The van der Waals surface area contributed by atoms with Crippen LogP contribution in [0.15, 0.2) is 89.2 Å². The minimum absolute atomic E-state index is 0.338. The molecule has 1 heterocycles. The lowest BCUT2D eigenvalue weighted by Crippen LogP contribution is -2.00. The zero-order valence-corrected chi connectivity index (χ0v) is 14.7. The number of aromatic nitrogens is 1. The van der Waals surface area contributed by atoms with Gasteiger partial charge in [-0.3, -0.25) is 0 Å². The second-order valence-electron chi connectivity index (χ2n) is 5.58. The summed E-state index contributed by atoms with van der Waals surface area (Å²) in [5.41, 5.74) is 3.50. The summed E-state index contributed by atoms with van der Waals surface area (Å²) in [6.45, 7) is 3.76. The lowest BCUT2D eigenvalue weighted by molar-refractivity contribution is 0.299. The maximum absolute atomic E-state index is 5.40. The fourth-order valence-electron chi connectivity index (χ4n) is 2.19. The summed E-state index contributed by atoms with van der Waals surface area (Å²) in [5.74, 6) is 0.677. The average Bonchev–Trinajstić information content (AvgIpc) is 2.72. The lowest BCUT2D eigenvalue weighted by atomic mass is 10.1. The smallest absolute Gasteiger partial charge is 0.252 e. The summed E-state index contributed by atoms with van der Waals surface area (Å²) in [5, 5.41) is 8.22. The molecule has 5 nitrogen and oxygen atoms in total. The van der Waals surface area contributed by atoms with Gasteiger partial charge in [0.2, 0.25) is 0 Å². The lowest BCUT2D eigenvalue weighted by Gasteiger charge is -2.04. The summed E-state index contributed by atoms with van der Waals surface area (Å²) in [6, 6.07) is 24.8. The molecule has 0 amide bonds. The first-order valence-electron chi connectivity index (χ1n) is 8.23. The van der Waals surface area contributed by atoms with E-state index in [4.69, 9.17) is 9.68 Å². The molecule has 0 saturated heterocycles. The van der Waals surface area contributed by atoms with Crippen LogP contribution in [0.25, 0.3) is 0 Å². The predicted molar refractivity (Wildman–Crippen MR) is 103 cm³/mol. The SMILES string of the molecule is C/C(=N/Oc1cccc(O/N=C(\C)c2ccccc2)n1)c1ccccc1. The van der Waals surface area contributed by atoms with E-state index in [-0.39, 0.29) is 0 Å². The van der Waals surface area contributed by atoms with Crippen LogP contribution in [0.3, 0.4) is 0 Å². The van der Waals surface area contributed by atoms with Crippen molar-refractivity contribution < 1.29 is 9.68 Å². The van der Waals surface area contributed by atoms with Crippen LogP contribution < -0.4 is 9.68 Å². The van der Waals surface area contributed by atoms with E-state index in [9.17, 15) is 0 Å². The van der Waals surface area contributed by atoms with Gasteiger partial charge in [0, 0.05) is 12.1 Å². The number of nitrogens with zero attached hydrogens (tertiary/aromatic N) is 3. The Morgan fingerprint density at radius 1 is 0.615 bits per heavy atom. The first-order chi connectivity index (χ1) is 12.7. The van der Waals surface area contributed by atoms with Crippen molar-refractivity contribution >= 4 is 11.4 Å². The summed E-state index contributed by atoms with van der Waals surface area (Å²) < 4.78 is 0. The van der Waals surface area contributed by atoms with Gasteiger partial charge in [0.25, 0.3) is 11.8 Å². The van der Waals surface area contributed by atoms with Crippen molar-refractivity contribution in [3.8, 4) is 11.8 Å². The Morgan fingerprint density at radius 3 is 1.46 bits per heavy atom. The van der Waals surface area contributed by atoms with Crippen LogP contribution in [-0.2, 0) is 0 Å². The third-order valence-corrected chi connectivity index (χ3v) is 3.63. The van der Waals surface area contributed by atoms with Crippen molar-refractivity contribution in [3.05, 3.63) is 90.0 Å². The van der Waals surface area contributed by atoms with Gasteiger partial charge < -0.3 is 9.68 Å². The first-order valence-corrected chi connectivity index (χ1v) is 8.23. The molecule has 0 saturated carbocycles. The van der Waals surface area contributed by atoms with Gasteiger partial charge in [0.05, 0.1) is 11.4 Å². The number of pyridine rings is 1. The molecule has 1 aromatic heterocycles. The summed E-state index contributed by atoms with van der Waals surface area (Å²) in [4.78, 5) is 15.1. The molecule has 0 atom stereocenters. The van der Waals surface area contributed by atoms with Crippen LogP contribution in [0, 0.1) is 0 Å². The van der Waals surface area contributed by atoms with Crippen LogP contribution in [-0.4, -0.2) is 16.4 Å². The van der Waals surface area contributed by atoms with Crippen molar-refractivity contribution in [3.63, 3.8) is 0 Å². The zero-order chi connectivity index (χ0) is 18.2. The van der Waals surface area contributed by atoms with Gasteiger partial charge in [-0.05, 0) is 25.0 Å². The zero-order valence-electron chi connectivity index (χ0n) is 14.7. The molecule has 3 rings (SSSR count). The third-order valence-electron chi connectivity index (χ3n) is 3.63. The summed E-state index contributed by atoms with van der Waals surface area (Å²) >= 11 is 0. The Bertz CT molecular complexity index is 834. The highest BCUT2D eigenvalue weighted by atomic mass is 16.7. The van der Waals surface area contributed by atoms with Gasteiger partial charge >= 0.3 is 0 Å². The van der Waals surface area contributed by atoms with Crippen molar-refractivity contribution in [2.24, 2.45) is 10.3 Å². The normalized spacial score (nSPS) is 11.9. The fourth-order valence-corrected chi connectivity index (χ4v) is 2.19. The molecule has 26 heavy (non-hydrogen) atoms. The molecule has 0 bridgehead atoms. The summed E-state index contributed by atoms with van der Waals surface area (Å²) in [7, 11) is 0. The van der Waals surface area contributed by atoms with E-state index in [0.29, 0.717) is 11.8 Å². The minimum Gasteiger partial charge on any atom is -0.336 e. The average molecular weight is 345 g/mol. The highest BCUT2D eigenvalue weighted by molar-refractivity contribution is 5.98. The molecular weight excluding hydrogens is 326 g/mol. The van der Waals surface area contributed by atoms with E-state index in [2.05, 4.69) is 15.3 Å². The van der Waals surface area contributed by atoms with E-state index in [1.54, 1.807) is 18.2 Å². The van der Waals surface area contributed by atoms with Gasteiger partial charge in [0.15, 0.2) is 0 Å². The fraction of sp³-hybridized carbons (Fsp3) is 0.0952. The standard InChI is InChI=1S/C21H19N3O2/c1-16(18-10-5-3-6-11-18)23-25-20-14-9-15-21(22-20)26-24-17(2)19-12-7-4-8-13-19/h3-15H,1-2H3/b23-16-,24-17+. The van der Waals surface area contributed by atoms with Crippen LogP contribution in [0.2, 0.25) is 0 Å². The van der Waals surface area contributed by atoms with Crippen LogP contribution >= 0.6 is 0 Å². The molecular formula is C21H19N3O2. The monoisotopic (exact) mass is 345 g/mol. The molecule has 130 valence electrons. The highest BCUT2D eigenvalue weighted by Gasteiger charge is 2.03. The Kier molecular flexibility index (Phi) is 5.72. The Morgan fingerprint density at radius 2 is 1.04 bits per heavy atom. The molecule has 0 spiro atoms. The second kappa shape index (κ2) is 8.58. The molecule has 0 fully saturated rings. The first kappa shape index (κ1) is 17.4. The van der Waals surface area contributed by atoms with Gasteiger partial charge in [0.1, 0.15) is 0 Å². The van der Waals surface area contributed by atoms with Crippen LogP contribution in [0.1, 0.15) is 25.0 Å². The molecule has 0 aliphatic rings. The van der Waals surface area contributed by atoms with E-state index in [1.807, 2.05) is 74.5 Å². The largest absolute Gasteiger partial charge is 0.336 e. The molecule has 5 heteroatoms. The van der Waals surface area contributed by atoms with Crippen molar-refractivity contribution in [1.29, 1.82) is 0 Å².